The molecule has 0 fully saturated rings. The molecule has 1 unspecified atom stereocenters. The van der Waals surface area contributed by atoms with Crippen LogP contribution in [0.15, 0.2) is 84.9 Å². The maximum Gasteiger partial charge on any atom is 0.253 e. The lowest BCUT2D eigenvalue weighted by Crippen LogP contribution is -2.37. The van der Waals surface area contributed by atoms with Crippen LogP contribution >= 0.6 is 0 Å². The van der Waals surface area contributed by atoms with Gasteiger partial charge in [-0.2, -0.15) is 0 Å². The number of rotatable bonds is 6. The second-order valence-electron chi connectivity index (χ2n) is 10.0. The van der Waals surface area contributed by atoms with Gasteiger partial charge in [0, 0.05) is 43.7 Å². The molecular weight excluding hydrogens is 444 g/mol. The molecule has 1 N–H and O–H groups in total. The third-order valence-electron chi connectivity index (χ3n) is 7.33. The number of aryl methyl sites for hydroxylation is 1. The van der Waals surface area contributed by atoms with Crippen molar-refractivity contribution in [2.45, 2.75) is 38.3 Å². The second kappa shape index (κ2) is 10.2. The minimum absolute atomic E-state index is 0.0247. The van der Waals surface area contributed by atoms with Crippen LogP contribution in [0.1, 0.15) is 57.9 Å². The maximum atomic E-state index is 12.8. The molecule has 0 saturated carbocycles. The number of nitrogens with one attached hydrogen (secondary N) is 1. The highest BCUT2D eigenvalue weighted by molar-refractivity contribution is 5.95. The molecule has 1 aliphatic rings. The summed E-state index contributed by atoms with van der Waals surface area (Å²) in [6.45, 7) is 4.96. The van der Waals surface area contributed by atoms with Gasteiger partial charge in [0.05, 0.1) is 0 Å². The van der Waals surface area contributed by atoms with E-state index in [9.17, 15) is 4.79 Å². The molecular formula is C32H34N2O2. The molecule has 184 valence electrons. The Morgan fingerprint density at radius 1 is 1.00 bits per heavy atom. The quantitative estimate of drug-likeness (QED) is 0.345. The fourth-order valence-electron chi connectivity index (χ4n) is 5.31. The third-order valence-corrected chi connectivity index (χ3v) is 7.33. The largest absolute Gasteiger partial charge is 0.489 e. The normalized spacial score (nSPS) is 17.8. The SMILES string of the molecule is Cc1ccc([C@@H]2C[C@H](CNC(C)c3cccc4ccccc34)Oc3ccccc32)cc1C(=O)N(C)C. The summed E-state index contributed by atoms with van der Waals surface area (Å²) in [6.07, 6.45) is 0.877. The predicted octanol–water partition coefficient (Wildman–Crippen LogP) is 6.48. The molecule has 1 aliphatic heterocycles. The first kappa shape index (κ1) is 24.1. The number of hydrogen-bond acceptors (Lipinski definition) is 3. The molecule has 4 aromatic rings. The molecule has 0 radical (unpaired) electrons. The van der Waals surface area contributed by atoms with Crippen LogP contribution in [0.4, 0.5) is 0 Å². The van der Waals surface area contributed by atoms with Crippen LogP contribution in [0.5, 0.6) is 5.75 Å². The highest BCUT2D eigenvalue weighted by Gasteiger charge is 2.30. The number of carbonyl (C=O) groups is 1. The molecule has 4 nitrogen and oxygen atoms in total. The predicted molar refractivity (Wildman–Crippen MR) is 147 cm³/mol. The van der Waals surface area contributed by atoms with Crippen molar-refractivity contribution >= 4 is 16.7 Å². The first-order chi connectivity index (χ1) is 17.4. The summed E-state index contributed by atoms with van der Waals surface area (Å²) in [7, 11) is 3.61. The van der Waals surface area contributed by atoms with Gasteiger partial charge in [-0.15, -0.1) is 0 Å². The molecule has 1 amide bonds. The van der Waals surface area contributed by atoms with Crippen molar-refractivity contribution in [3.05, 3.63) is 113 Å². The zero-order chi connectivity index (χ0) is 25.2. The second-order valence-corrected chi connectivity index (χ2v) is 10.0. The van der Waals surface area contributed by atoms with E-state index in [0.29, 0.717) is 0 Å². The number of fused-ring (bicyclic) bond motifs is 2. The van der Waals surface area contributed by atoms with Crippen molar-refractivity contribution in [2.75, 3.05) is 20.6 Å². The Labute approximate surface area is 213 Å². The lowest BCUT2D eigenvalue weighted by Gasteiger charge is -2.34. The maximum absolute atomic E-state index is 12.8. The van der Waals surface area contributed by atoms with Gasteiger partial charge in [0.2, 0.25) is 0 Å². The summed E-state index contributed by atoms with van der Waals surface area (Å²) in [6, 6.07) is 29.8. The van der Waals surface area contributed by atoms with Gasteiger partial charge in [-0.05, 0) is 59.9 Å². The number of para-hydroxylation sites is 1. The Morgan fingerprint density at radius 2 is 1.75 bits per heavy atom. The average Bonchev–Trinajstić information content (AvgIpc) is 2.90. The van der Waals surface area contributed by atoms with Crippen molar-refractivity contribution < 1.29 is 9.53 Å². The summed E-state index contributed by atoms with van der Waals surface area (Å²) >= 11 is 0. The molecule has 3 atom stereocenters. The van der Waals surface area contributed by atoms with Gasteiger partial charge < -0.3 is 15.0 Å². The number of hydrogen-bond donors (Lipinski definition) is 1. The molecule has 0 aromatic heterocycles. The molecule has 5 rings (SSSR count). The Kier molecular flexibility index (Phi) is 6.80. The van der Waals surface area contributed by atoms with Crippen LogP contribution in [-0.2, 0) is 0 Å². The summed E-state index contributed by atoms with van der Waals surface area (Å²) in [5.41, 5.74) is 5.41. The van der Waals surface area contributed by atoms with Gasteiger partial charge in [-0.1, -0.05) is 72.8 Å². The van der Waals surface area contributed by atoms with Crippen LogP contribution in [0.2, 0.25) is 0 Å². The van der Waals surface area contributed by atoms with E-state index in [1.807, 2.05) is 13.0 Å². The van der Waals surface area contributed by atoms with E-state index in [2.05, 4.69) is 91.1 Å². The number of benzene rings is 4. The van der Waals surface area contributed by atoms with Gasteiger partial charge in [-0.25, -0.2) is 0 Å². The van der Waals surface area contributed by atoms with Crippen molar-refractivity contribution in [2.24, 2.45) is 0 Å². The molecule has 0 spiro atoms. The highest BCUT2D eigenvalue weighted by atomic mass is 16.5. The lowest BCUT2D eigenvalue weighted by molar-refractivity contribution is 0.0826. The van der Waals surface area contributed by atoms with Crippen molar-refractivity contribution in [1.82, 2.24) is 10.2 Å². The van der Waals surface area contributed by atoms with Crippen LogP contribution in [0, 0.1) is 6.92 Å². The zero-order valence-corrected chi connectivity index (χ0v) is 21.5. The minimum atomic E-state index is 0.0247. The first-order valence-corrected chi connectivity index (χ1v) is 12.7. The Balaban J connectivity index is 1.39. The highest BCUT2D eigenvalue weighted by Crippen LogP contribution is 2.41. The third kappa shape index (κ3) is 4.74. The first-order valence-electron chi connectivity index (χ1n) is 12.7. The molecule has 0 saturated heterocycles. The van der Waals surface area contributed by atoms with Crippen molar-refractivity contribution in [3.8, 4) is 5.75 Å². The molecule has 0 aliphatic carbocycles. The average molecular weight is 479 g/mol. The van der Waals surface area contributed by atoms with Crippen LogP contribution in [0.3, 0.4) is 0 Å². The van der Waals surface area contributed by atoms with E-state index >= 15 is 0 Å². The smallest absolute Gasteiger partial charge is 0.253 e. The molecule has 36 heavy (non-hydrogen) atoms. The summed E-state index contributed by atoms with van der Waals surface area (Å²) in [4.78, 5) is 14.5. The molecule has 1 heterocycles. The minimum Gasteiger partial charge on any atom is -0.489 e. The number of amides is 1. The number of carbonyl (C=O) groups excluding carboxylic acids is 1. The Morgan fingerprint density at radius 3 is 2.58 bits per heavy atom. The lowest BCUT2D eigenvalue weighted by atomic mass is 9.83. The summed E-state index contributed by atoms with van der Waals surface area (Å²) in [5, 5.41) is 6.27. The fourth-order valence-corrected chi connectivity index (χ4v) is 5.31. The fraction of sp³-hybridized carbons (Fsp3) is 0.281. The van der Waals surface area contributed by atoms with Crippen molar-refractivity contribution in [3.63, 3.8) is 0 Å². The van der Waals surface area contributed by atoms with E-state index in [0.717, 1.165) is 35.4 Å². The van der Waals surface area contributed by atoms with Gasteiger partial charge >= 0.3 is 0 Å². The van der Waals surface area contributed by atoms with Crippen LogP contribution < -0.4 is 10.1 Å². The molecule has 4 heteroatoms. The number of nitrogens with zero attached hydrogens (tertiary/aromatic N) is 1. The van der Waals surface area contributed by atoms with Crippen LogP contribution in [0.25, 0.3) is 10.8 Å². The monoisotopic (exact) mass is 478 g/mol. The Hall–Kier alpha value is -3.63. The molecule has 4 aromatic carbocycles. The number of ether oxygens (including phenoxy) is 1. The van der Waals surface area contributed by atoms with Gasteiger partial charge in [-0.3, -0.25) is 4.79 Å². The standard InChI is InChI=1S/C32H34N2O2/c1-21-16-17-24(18-29(21)32(35)34(3)4)30-19-25(36-31-15-8-7-13-28(30)31)20-33-22(2)26-14-9-11-23-10-5-6-12-27(23)26/h5-18,22,25,30,33H,19-20H2,1-4H3/t22?,25-,30+/m1/s1. The van der Waals surface area contributed by atoms with E-state index in [1.54, 1.807) is 19.0 Å². The molecule has 0 bridgehead atoms. The van der Waals surface area contributed by atoms with E-state index in [4.69, 9.17) is 4.74 Å². The van der Waals surface area contributed by atoms with Gasteiger partial charge in [0.1, 0.15) is 11.9 Å². The van der Waals surface area contributed by atoms with Crippen LogP contribution in [-0.4, -0.2) is 37.6 Å². The van der Waals surface area contributed by atoms with E-state index in [-0.39, 0.29) is 24.0 Å². The van der Waals surface area contributed by atoms with E-state index in [1.165, 1.54) is 21.9 Å². The van der Waals surface area contributed by atoms with E-state index < -0.39 is 0 Å². The van der Waals surface area contributed by atoms with Gasteiger partial charge in [0.15, 0.2) is 0 Å². The zero-order valence-electron chi connectivity index (χ0n) is 21.5. The Bertz CT molecular complexity index is 1390. The van der Waals surface area contributed by atoms with Gasteiger partial charge in [0.25, 0.3) is 5.91 Å². The summed E-state index contributed by atoms with van der Waals surface area (Å²) in [5.74, 6) is 1.14. The summed E-state index contributed by atoms with van der Waals surface area (Å²) < 4.78 is 6.46. The van der Waals surface area contributed by atoms with Crippen molar-refractivity contribution in [1.29, 1.82) is 0 Å². The topological polar surface area (TPSA) is 41.6 Å².